The van der Waals surface area contributed by atoms with E-state index in [9.17, 15) is 0 Å². The van der Waals surface area contributed by atoms with Gasteiger partial charge in [0.25, 0.3) is 11.9 Å². The second-order valence-corrected chi connectivity index (χ2v) is 4.45. The van der Waals surface area contributed by atoms with Gasteiger partial charge >= 0.3 is 0 Å². The van der Waals surface area contributed by atoms with Gasteiger partial charge in [-0.1, -0.05) is 13.8 Å². The van der Waals surface area contributed by atoms with Gasteiger partial charge in [0.1, 0.15) is 18.5 Å². The van der Waals surface area contributed by atoms with Crippen LogP contribution in [0.1, 0.15) is 25.5 Å². The fourth-order valence-corrected chi connectivity index (χ4v) is 1.92. The van der Waals surface area contributed by atoms with E-state index in [0.29, 0.717) is 12.4 Å². The van der Waals surface area contributed by atoms with Crippen molar-refractivity contribution >= 4 is 11.6 Å². The first-order valence-electron chi connectivity index (χ1n) is 6.43. The summed E-state index contributed by atoms with van der Waals surface area (Å²) in [7, 11) is 0. The molecule has 0 saturated heterocycles. The first kappa shape index (κ1) is 13.6. The molecule has 0 atom stereocenters. The van der Waals surface area contributed by atoms with Gasteiger partial charge in [0, 0.05) is 12.8 Å². The van der Waals surface area contributed by atoms with Gasteiger partial charge in [0.2, 0.25) is 5.28 Å². The molecule has 0 bridgehead atoms. The molecule has 0 radical (unpaired) electrons. The van der Waals surface area contributed by atoms with Crippen molar-refractivity contribution in [3.8, 4) is 11.9 Å². The fourth-order valence-electron chi connectivity index (χ4n) is 1.77. The maximum absolute atomic E-state index is 5.97. The average molecular weight is 306 g/mol. The van der Waals surface area contributed by atoms with Gasteiger partial charge in [-0.05, 0) is 11.6 Å². The van der Waals surface area contributed by atoms with E-state index in [0.717, 1.165) is 18.1 Å². The number of rotatable bonds is 4. The van der Waals surface area contributed by atoms with E-state index < -0.39 is 0 Å². The monoisotopic (exact) mass is 305 g/mol. The minimum Gasteiger partial charge on any atom is -0.223 e. The van der Waals surface area contributed by atoms with Gasteiger partial charge in [-0.3, -0.25) is 0 Å². The largest absolute Gasteiger partial charge is 0.258 e. The van der Waals surface area contributed by atoms with Gasteiger partial charge in [-0.2, -0.15) is 29.4 Å². The molecule has 3 rings (SSSR count). The molecular formula is C11H12ClN9. The molecule has 0 amide bonds. The Hall–Kier alpha value is -2.42. The van der Waals surface area contributed by atoms with E-state index in [-0.39, 0.29) is 11.2 Å². The Kier molecular flexibility index (Phi) is 3.57. The van der Waals surface area contributed by atoms with Gasteiger partial charge in [0.15, 0.2) is 5.82 Å². The number of nitrogens with zero attached hydrogens (tertiary/aromatic N) is 9. The molecule has 0 aliphatic rings. The van der Waals surface area contributed by atoms with Crippen molar-refractivity contribution in [2.45, 2.75) is 26.7 Å². The molecule has 0 aromatic carbocycles. The number of aromatic nitrogens is 9. The first-order chi connectivity index (χ1) is 10.2. The molecule has 0 N–H and O–H groups in total. The summed E-state index contributed by atoms with van der Waals surface area (Å²) in [4.78, 5) is 20.7. The van der Waals surface area contributed by atoms with Crippen LogP contribution in [0.5, 0.6) is 0 Å². The normalized spacial score (nSPS) is 11.0. The number of aryl methyl sites for hydroxylation is 2. The lowest BCUT2D eigenvalue weighted by atomic mass is 10.4. The molecule has 0 fully saturated rings. The molecule has 0 unspecified atom stereocenters. The molecule has 0 aliphatic heterocycles. The van der Waals surface area contributed by atoms with Crippen LogP contribution in [-0.4, -0.2) is 44.5 Å². The summed E-state index contributed by atoms with van der Waals surface area (Å²) in [5.74, 6) is 2.08. The van der Waals surface area contributed by atoms with Gasteiger partial charge < -0.3 is 0 Å². The Bertz CT molecular complexity index is 749. The minimum absolute atomic E-state index is 0.0566. The predicted octanol–water partition coefficient (Wildman–Crippen LogP) is 0.811. The molecule has 0 spiro atoms. The van der Waals surface area contributed by atoms with Crippen LogP contribution in [0.4, 0.5) is 0 Å². The molecule has 21 heavy (non-hydrogen) atoms. The van der Waals surface area contributed by atoms with E-state index in [4.69, 9.17) is 11.6 Å². The smallest absolute Gasteiger partial charge is 0.223 e. The zero-order valence-electron chi connectivity index (χ0n) is 11.5. The van der Waals surface area contributed by atoms with Gasteiger partial charge in [-0.25, -0.2) is 9.97 Å². The van der Waals surface area contributed by atoms with Crippen molar-refractivity contribution in [1.29, 1.82) is 0 Å². The first-order valence-corrected chi connectivity index (χ1v) is 6.80. The SMILES string of the molecule is CCc1nc(CC)n(-c2nc(Cl)nc(-n3cncn3)n2)n1. The van der Waals surface area contributed by atoms with E-state index in [1.54, 1.807) is 4.68 Å². The van der Waals surface area contributed by atoms with Crippen LogP contribution in [0.25, 0.3) is 11.9 Å². The number of halogens is 1. The summed E-state index contributed by atoms with van der Waals surface area (Å²) in [5, 5.41) is 8.41. The third kappa shape index (κ3) is 2.59. The van der Waals surface area contributed by atoms with Crippen molar-refractivity contribution in [1.82, 2.24) is 44.5 Å². The van der Waals surface area contributed by atoms with Crippen molar-refractivity contribution in [2.24, 2.45) is 0 Å². The molecule has 3 aromatic rings. The zero-order valence-corrected chi connectivity index (χ0v) is 12.2. The number of hydrogen-bond acceptors (Lipinski definition) is 7. The van der Waals surface area contributed by atoms with E-state index in [2.05, 4.69) is 35.1 Å². The van der Waals surface area contributed by atoms with Crippen molar-refractivity contribution in [2.75, 3.05) is 0 Å². The van der Waals surface area contributed by atoms with Crippen molar-refractivity contribution in [3.05, 3.63) is 29.6 Å². The zero-order chi connectivity index (χ0) is 14.8. The Morgan fingerprint density at radius 1 is 1.05 bits per heavy atom. The lowest BCUT2D eigenvalue weighted by molar-refractivity contribution is 0.711. The second kappa shape index (κ2) is 5.52. The van der Waals surface area contributed by atoms with E-state index in [1.165, 1.54) is 17.3 Å². The highest BCUT2D eigenvalue weighted by molar-refractivity contribution is 6.28. The minimum atomic E-state index is 0.0566. The highest BCUT2D eigenvalue weighted by Crippen LogP contribution is 2.11. The molecule has 3 aromatic heterocycles. The molecule has 3 heterocycles. The molecule has 108 valence electrons. The highest BCUT2D eigenvalue weighted by atomic mass is 35.5. The van der Waals surface area contributed by atoms with Gasteiger partial charge in [-0.15, -0.1) is 5.10 Å². The van der Waals surface area contributed by atoms with Crippen LogP contribution in [0, 0.1) is 0 Å². The molecule has 0 aliphatic carbocycles. The number of hydrogen-bond donors (Lipinski definition) is 0. The van der Waals surface area contributed by atoms with Gasteiger partial charge in [0.05, 0.1) is 0 Å². The second-order valence-electron chi connectivity index (χ2n) is 4.11. The lowest BCUT2D eigenvalue weighted by Gasteiger charge is -2.04. The Labute approximate surface area is 125 Å². The summed E-state index contributed by atoms with van der Waals surface area (Å²) in [5.41, 5.74) is 0. The highest BCUT2D eigenvalue weighted by Gasteiger charge is 2.15. The molecule has 10 heteroatoms. The summed E-state index contributed by atoms with van der Waals surface area (Å²) >= 11 is 5.97. The van der Waals surface area contributed by atoms with Crippen LogP contribution in [-0.2, 0) is 12.8 Å². The van der Waals surface area contributed by atoms with Crippen molar-refractivity contribution in [3.63, 3.8) is 0 Å². The van der Waals surface area contributed by atoms with Crippen molar-refractivity contribution < 1.29 is 0 Å². The Morgan fingerprint density at radius 2 is 1.86 bits per heavy atom. The predicted molar refractivity (Wildman–Crippen MR) is 73.4 cm³/mol. The Morgan fingerprint density at radius 3 is 2.52 bits per heavy atom. The lowest BCUT2D eigenvalue weighted by Crippen LogP contribution is -2.12. The third-order valence-electron chi connectivity index (χ3n) is 2.75. The summed E-state index contributed by atoms with van der Waals surface area (Å²) in [6, 6.07) is 0. The third-order valence-corrected chi connectivity index (χ3v) is 2.92. The Balaban J connectivity index is 2.12. The summed E-state index contributed by atoms with van der Waals surface area (Å²) in [6.07, 6.45) is 4.30. The summed E-state index contributed by atoms with van der Waals surface area (Å²) < 4.78 is 2.98. The van der Waals surface area contributed by atoms with Crippen LogP contribution in [0.3, 0.4) is 0 Å². The quantitative estimate of drug-likeness (QED) is 0.703. The maximum Gasteiger partial charge on any atom is 0.258 e. The molecular weight excluding hydrogens is 294 g/mol. The topological polar surface area (TPSA) is 100 Å². The average Bonchev–Trinajstić information content (AvgIpc) is 3.15. The maximum atomic E-state index is 5.97. The van der Waals surface area contributed by atoms with Crippen LogP contribution < -0.4 is 0 Å². The fraction of sp³-hybridized carbons (Fsp3) is 0.364. The van der Waals surface area contributed by atoms with Crippen LogP contribution in [0.2, 0.25) is 5.28 Å². The standard InChI is InChI=1S/C11H12ClN9/c1-3-7-15-8(4-2)21(19-7)11-17-9(12)16-10(18-11)20-6-13-5-14-20/h5-6H,3-4H2,1-2H3. The van der Waals surface area contributed by atoms with Crippen LogP contribution >= 0.6 is 11.6 Å². The molecule has 9 nitrogen and oxygen atoms in total. The molecule has 0 saturated carbocycles. The van der Waals surface area contributed by atoms with E-state index >= 15 is 0 Å². The summed E-state index contributed by atoms with van der Waals surface area (Å²) in [6.45, 7) is 3.97. The van der Waals surface area contributed by atoms with Crippen LogP contribution in [0.15, 0.2) is 12.7 Å². The van der Waals surface area contributed by atoms with E-state index in [1.807, 2.05) is 13.8 Å².